The lowest BCUT2D eigenvalue weighted by atomic mass is 10.0. The van der Waals surface area contributed by atoms with E-state index >= 15 is 0 Å². The Kier molecular flexibility index (Phi) is 26.4. The van der Waals surface area contributed by atoms with Gasteiger partial charge in [-0.2, -0.15) is 0 Å². The van der Waals surface area contributed by atoms with E-state index in [0.29, 0.717) is 18.6 Å². The highest BCUT2D eigenvalue weighted by Gasteiger charge is 2.02. The molecule has 0 unspecified atom stereocenters. The molecular weight excluding hydrogens is 380 g/mol. The van der Waals surface area contributed by atoms with E-state index in [1.807, 2.05) is 13.8 Å². The number of hydrogen-bond donors (Lipinski definition) is 0. The first kappa shape index (κ1) is 30.8. The molecule has 0 aliphatic rings. The van der Waals surface area contributed by atoms with Gasteiger partial charge in [0, 0.05) is 25.2 Å². The maximum Gasteiger partial charge on any atom is 0.333 e. The van der Waals surface area contributed by atoms with Crippen LogP contribution in [0.5, 0.6) is 0 Å². The zero-order chi connectivity index (χ0) is 22.9. The second-order valence-electron chi connectivity index (χ2n) is 7.62. The van der Waals surface area contributed by atoms with Crippen LogP contribution in [-0.4, -0.2) is 38.9 Å². The first-order valence-electron chi connectivity index (χ1n) is 12.0. The van der Waals surface area contributed by atoms with Gasteiger partial charge in [0.1, 0.15) is 0 Å². The van der Waals surface area contributed by atoms with Crippen LogP contribution in [0.2, 0.25) is 0 Å². The molecule has 0 aliphatic heterocycles. The molecule has 0 aromatic heterocycles. The van der Waals surface area contributed by atoms with E-state index in [-0.39, 0.29) is 11.9 Å². The number of hydrogen-bond acceptors (Lipinski definition) is 5. The highest BCUT2D eigenvalue weighted by Crippen LogP contribution is 2.13. The van der Waals surface area contributed by atoms with E-state index in [0.717, 1.165) is 38.9 Å². The van der Waals surface area contributed by atoms with Crippen LogP contribution < -0.4 is 0 Å². The summed E-state index contributed by atoms with van der Waals surface area (Å²) >= 11 is 0. The minimum absolute atomic E-state index is 0.0899. The molecule has 30 heavy (non-hydrogen) atoms. The molecule has 0 aromatic carbocycles. The van der Waals surface area contributed by atoms with E-state index in [9.17, 15) is 9.59 Å². The quantitative estimate of drug-likeness (QED) is 0.129. The largest absolute Gasteiger partial charge is 0.469 e. The van der Waals surface area contributed by atoms with Crippen molar-refractivity contribution in [1.29, 1.82) is 0 Å². The van der Waals surface area contributed by atoms with Crippen LogP contribution >= 0.6 is 0 Å². The lowest BCUT2D eigenvalue weighted by molar-refractivity contribution is -0.141. The predicted molar refractivity (Wildman–Crippen MR) is 125 cm³/mol. The molecule has 178 valence electrons. The third-order valence-corrected chi connectivity index (χ3v) is 4.74. The highest BCUT2D eigenvalue weighted by molar-refractivity contribution is 5.86. The van der Waals surface area contributed by atoms with Crippen LogP contribution in [-0.2, 0) is 23.8 Å². The van der Waals surface area contributed by atoms with Gasteiger partial charge in [-0.05, 0) is 33.6 Å². The molecule has 0 heterocycles. The molecule has 0 radical (unpaired) electrons. The standard InChI is InChI=1S/C21H38O4.C4H10O/c1-19(2)21(23)25-18-16-14-12-10-8-6-4-5-7-9-11-13-15-17-20(22)24-3;1-3-5-4-2/h1,4-18H2,2-3H3;3-4H2,1-2H3. The molecule has 0 saturated heterocycles. The third kappa shape index (κ3) is 26.6. The Hall–Kier alpha value is -1.36. The lowest BCUT2D eigenvalue weighted by Crippen LogP contribution is -2.05. The van der Waals surface area contributed by atoms with Gasteiger partial charge in [-0.15, -0.1) is 0 Å². The highest BCUT2D eigenvalue weighted by atomic mass is 16.5. The van der Waals surface area contributed by atoms with E-state index in [2.05, 4.69) is 11.3 Å². The van der Waals surface area contributed by atoms with Gasteiger partial charge in [0.05, 0.1) is 13.7 Å². The Labute approximate surface area is 185 Å². The van der Waals surface area contributed by atoms with Gasteiger partial charge in [0.2, 0.25) is 0 Å². The molecule has 0 fully saturated rings. The van der Waals surface area contributed by atoms with Crippen molar-refractivity contribution in [3.8, 4) is 0 Å². The van der Waals surface area contributed by atoms with Gasteiger partial charge in [-0.1, -0.05) is 77.2 Å². The minimum Gasteiger partial charge on any atom is -0.469 e. The Bertz CT molecular complexity index is 404. The van der Waals surface area contributed by atoms with Crippen LogP contribution in [0, 0.1) is 0 Å². The van der Waals surface area contributed by atoms with Crippen LogP contribution in [0.3, 0.4) is 0 Å². The monoisotopic (exact) mass is 428 g/mol. The summed E-state index contributed by atoms with van der Waals surface area (Å²) in [7, 11) is 1.45. The van der Waals surface area contributed by atoms with Crippen LogP contribution in [0.4, 0.5) is 0 Å². The van der Waals surface area contributed by atoms with Gasteiger partial charge < -0.3 is 14.2 Å². The molecular formula is C25H48O5. The van der Waals surface area contributed by atoms with E-state index in [1.165, 1.54) is 64.9 Å². The van der Waals surface area contributed by atoms with Gasteiger partial charge in [-0.3, -0.25) is 4.79 Å². The van der Waals surface area contributed by atoms with E-state index in [1.54, 1.807) is 6.92 Å². The summed E-state index contributed by atoms with van der Waals surface area (Å²) in [6.07, 6.45) is 16.4. The van der Waals surface area contributed by atoms with Crippen molar-refractivity contribution in [1.82, 2.24) is 0 Å². The zero-order valence-electron chi connectivity index (χ0n) is 20.3. The van der Waals surface area contributed by atoms with Crippen molar-refractivity contribution in [2.45, 2.75) is 111 Å². The molecule has 0 atom stereocenters. The molecule has 0 saturated carbocycles. The number of methoxy groups -OCH3 is 1. The summed E-state index contributed by atoms with van der Waals surface area (Å²) in [6, 6.07) is 0. The average Bonchev–Trinajstić information content (AvgIpc) is 2.73. The summed E-state index contributed by atoms with van der Waals surface area (Å²) in [5.74, 6) is -0.364. The molecule has 0 aromatic rings. The molecule has 5 heteroatoms. The van der Waals surface area contributed by atoms with Crippen molar-refractivity contribution >= 4 is 11.9 Å². The second-order valence-corrected chi connectivity index (χ2v) is 7.62. The predicted octanol–water partition coefficient (Wildman–Crippen LogP) is 6.78. The number of esters is 2. The lowest BCUT2D eigenvalue weighted by Gasteiger charge is -2.05. The number of ether oxygens (including phenoxy) is 3. The Morgan fingerprint density at radius 2 is 1.10 bits per heavy atom. The molecule has 0 spiro atoms. The first-order chi connectivity index (χ1) is 14.5. The molecule has 0 amide bonds. The average molecular weight is 429 g/mol. The Morgan fingerprint density at radius 1 is 0.700 bits per heavy atom. The van der Waals surface area contributed by atoms with Crippen molar-refractivity contribution < 1.29 is 23.8 Å². The number of carbonyl (C=O) groups is 2. The van der Waals surface area contributed by atoms with E-state index in [4.69, 9.17) is 9.47 Å². The van der Waals surface area contributed by atoms with E-state index < -0.39 is 0 Å². The fraction of sp³-hybridized carbons (Fsp3) is 0.840. The molecule has 0 bridgehead atoms. The fourth-order valence-electron chi connectivity index (χ4n) is 2.91. The third-order valence-electron chi connectivity index (χ3n) is 4.74. The van der Waals surface area contributed by atoms with Crippen molar-refractivity contribution in [2.75, 3.05) is 26.9 Å². The molecule has 0 N–H and O–H groups in total. The van der Waals surface area contributed by atoms with Crippen molar-refractivity contribution in [2.24, 2.45) is 0 Å². The molecule has 0 rings (SSSR count). The Balaban J connectivity index is 0. The van der Waals surface area contributed by atoms with Gasteiger partial charge in [0.15, 0.2) is 0 Å². The van der Waals surface area contributed by atoms with Crippen molar-refractivity contribution in [3.05, 3.63) is 12.2 Å². The topological polar surface area (TPSA) is 61.8 Å². The molecule has 5 nitrogen and oxygen atoms in total. The van der Waals surface area contributed by atoms with Gasteiger partial charge in [0.25, 0.3) is 0 Å². The van der Waals surface area contributed by atoms with Crippen LogP contribution in [0.25, 0.3) is 0 Å². The summed E-state index contributed by atoms with van der Waals surface area (Å²) in [5, 5.41) is 0. The first-order valence-corrected chi connectivity index (χ1v) is 12.0. The smallest absolute Gasteiger partial charge is 0.333 e. The zero-order valence-corrected chi connectivity index (χ0v) is 20.3. The second kappa shape index (κ2) is 25.7. The van der Waals surface area contributed by atoms with Gasteiger partial charge >= 0.3 is 11.9 Å². The summed E-state index contributed by atoms with van der Waals surface area (Å²) in [6.45, 7) is 11.4. The Morgan fingerprint density at radius 3 is 1.43 bits per heavy atom. The summed E-state index contributed by atoms with van der Waals surface area (Å²) < 4.78 is 14.5. The van der Waals surface area contributed by atoms with Crippen LogP contribution in [0.15, 0.2) is 12.2 Å². The fourth-order valence-corrected chi connectivity index (χ4v) is 2.91. The molecule has 0 aliphatic carbocycles. The normalized spacial score (nSPS) is 10.1. The summed E-state index contributed by atoms with van der Waals surface area (Å²) in [5.41, 5.74) is 0.473. The maximum atomic E-state index is 11.2. The number of carbonyl (C=O) groups excluding carboxylic acids is 2. The minimum atomic E-state index is -0.275. The van der Waals surface area contributed by atoms with Gasteiger partial charge in [-0.25, -0.2) is 4.79 Å². The number of rotatable bonds is 19. The number of unbranched alkanes of at least 4 members (excludes halogenated alkanes) is 12. The maximum absolute atomic E-state index is 11.2. The van der Waals surface area contributed by atoms with Crippen LogP contribution in [0.1, 0.15) is 111 Å². The van der Waals surface area contributed by atoms with Crippen molar-refractivity contribution in [3.63, 3.8) is 0 Å². The summed E-state index contributed by atoms with van der Waals surface area (Å²) in [4.78, 5) is 22.1. The SMILES string of the molecule is C=C(C)C(=O)OCCCCCCCCCCCCCCCC(=O)OC.CCOCC.